The maximum Gasteiger partial charge on any atom is 0.0234 e. The Bertz CT molecular complexity index is 617. The molecule has 0 aliphatic rings. The molecule has 2 heteroatoms. The predicted molar refractivity (Wildman–Crippen MR) is 100 cm³/mol. The molecule has 116 valence electrons. The lowest BCUT2D eigenvalue weighted by Crippen LogP contribution is -2.17. The minimum atomic E-state index is 0. The molecule has 0 radical (unpaired) electrons. The molecule has 0 N–H and O–H groups in total. The minimum Gasteiger partial charge on any atom is -0.298 e. The average molecular weight is 314 g/mol. The normalized spacial score (nSPS) is 10.7. The topological polar surface area (TPSA) is 3.24 Å². The highest BCUT2D eigenvalue weighted by atomic mass is 35.5. The largest absolute Gasteiger partial charge is 0.298 e. The van der Waals surface area contributed by atoms with Gasteiger partial charge in [-0.1, -0.05) is 78.9 Å². The van der Waals surface area contributed by atoms with E-state index in [-0.39, 0.29) is 12.4 Å². The summed E-state index contributed by atoms with van der Waals surface area (Å²) in [6.45, 7) is 7.93. The molecule has 0 bridgehead atoms. The quantitative estimate of drug-likeness (QED) is 0.700. The molecule has 0 aliphatic carbocycles. The summed E-state index contributed by atoms with van der Waals surface area (Å²) in [6.07, 6.45) is 4.37. The van der Waals surface area contributed by atoms with Gasteiger partial charge >= 0.3 is 0 Å². The molecule has 0 saturated carbocycles. The molecule has 0 unspecified atom stereocenters. The maximum atomic E-state index is 4.00. The van der Waals surface area contributed by atoms with Crippen LogP contribution in [0.15, 0.2) is 67.3 Å². The minimum absolute atomic E-state index is 0. The first-order valence-electron chi connectivity index (χ1n) is 7.30. The summed E-state index contributed by atoms with van der Waals surface area (Å²) in [5, 5.41) is 0. The molecule has 1 nitrogen and oxygen atoms in total. The van der Waals surface area contributed by atoms with Crippen LogP contribution >= 0.6 is 12.4 Å². The van der Waals surface area contributed by atoms with E-state index in [1.54, 1.807) is 0 Å². The number of hydrogen-bond acceptors (Lipinski definition) is 1. The number of rotatable bonds is 6. The van der Waals surface area contributed by atoms with E-state index in [0.717, 1.165) is 18.7 Å². The Morgan fingerprint density at radius 2 is 1.82 bits per heavy atom. The van der Waals surface area contributed by atoms with Gasteiger partial charge in [0.2, 0.25) is 0 Å². The second-order valence-corrected chi connectivity index (χ2v) is 5.49. The van der Waals surface area contributed by atoms with Crippen molar-refractivity contribution in [3.05, 3.63) is 83.9 Å². The standard InChI is InChI=1S/C20H23N.ClH/c1-17(2)20-13-7-11-19(15-20)16-21(3)14-8-12-18-9-5-4-6-10-18;/h4-13,15H,1,14,16H2,2-3H3;1H/b12-8+;. The van der Waals surface area contributed by atoms with Crippen molar-refractivity contribution in [3.63, 3.8) is 0 Å². The van der Waals surface area contributed by atoms with E-state index < -0.39 is 0 Å². The maximum absolute atomic E-state index is 4.00. The lowest BCUT2D eigenvalue weighted by molar-refractivity contribution is 0.364. The highest BCUT2D eigenvalue weighted by molar-refractivity contribution is 5.85. The Kier molecular flexibility index (Phi) is 7.65. The van der Waals surface area contributed by atoms with Crippen LogP contribution in [-0.2, 0) is 6.54 Å². The Morgan fingerprint density at radius 3 is 2.50 bits per heavy atom. The zero-order valence-corrected chi connectivity index (χ0v) is 14.1. The first-order chi connectivity index (χ1) is 10.1. The zero-order chi connectivity index (χ0) is 15.1. The molecule has 0 fully saturated rings. The number of nitrogens with zero attached hydrogens (tertiary/aromatic N) is 1. The second-order valence-electron chi connectivity index (χ2n) is 5.49. The van der Waals surface area contributed by atoms with Gasteiger partial charge in [-0.2, -0.15) is 0 Å². The van der Waals surface area contributed by atoms with E-state index in [1.807, 2.05) is 13.0 Å². The van der Waals surface area contributed by atoms with Gasteiger partial charge in [-0.15, -0.1) is 12.4 Å². The number of likely N-dealkylation sites (N-methyl/N-ethyl adjacent to an activating group) is 1. The molecule has 0 heterocycles. The van der Waals surface area contributed by atoms with Gasteiger partial charge in [0, 0.05) is 13.1 Å². The molecule has 2 aromatic rings. The summed E-state index contributed by atoms with van der Waals surface area (Å²) in [5.41, 5.74) is 4.91. The number of hydrogen-bond donors (Lipinski definition) is 0. The summed E-state index contributed by atoms with van der Waals surface area (Å²) in [7, 11) is 2.14. The fraction of sp³-hybridized carbons (Fsp3) is 0.200. The van der Waals surface area contributed by atoms with Gasteiger partial charge in [0.1, 0.15) is 0 Å². The molecule has 2 rings (SSSR count). The van der Waals surface area contributed by atoms with Crippen LogP contribution in [0.3, 0.4) is 0 Å². The monoisotopic (exact) mass is 313 g/mol. The molecule has 2 aromatic carbocycles. The van der Waals surface area contributed by atoms with Crippen molar-refractivity contribution in [1.29, 1.82) is 0 Å². The fourth-order valence-electron chi connectivity index (χ4n) is 2.24. The van der Waals surface area contributed by atoms with Gasteiger partial charge in [-0.3, -0.25) is 4.90 Å². The van der Waals surface area contributed by atoms with Crippen LogP contribution in [-0.4, -0.2) is 18.5 Å². The summed E-state index contributed by atoms with van der Waals surface area (Å²) in [6, 6.07) is 19.0. The van der Waals surface area contributed by atoms with E-state index in [2.05, 4.69) is 79.2 Å². The SMILES string of the molecule is C=C(C)c1cccc(CN(C)C/C=C/c2ccccc2)c1.Cl. The van der Waals surface area contributed by atoms with Gasteiger partial charge in [-0.25, -0.2) is 0 Å². The van der Waals surface area contributed by atoms with Crippen LogP contribution in [0.5, 0.6) is 0 Å². The molecule has 0 aromatic heterocycles. The third-order valence-electron chi connectivity index (χ3n) is 3.40. The van der Waals surface area contributed by atoms with Crippen molar-refractivity contribution in [1.82, 2.24) is 4.90 Å². The third kappa shape index (κ3) is 5.88. The van der Waals surface area contributed by atoms with Crippen molar-refractivity contribution >= 4 is 24.1 Å². The Hall–Kier alpha value is -1.83. The summed E-state index contributed by atoms with van der Waals surface area (Å²) < 4.78 is 0. The fourth-order valence-corrected chi connectivity index (χ4v) is 2.24. The third-order valence-corrected chi connectivity index (χ3v) is 3.40. The molecule has 0 amide bonds. The molecule has 0 saturated heterocycles. The Labute approximate surface area is 140 Å². The van der Waals surface area contributed by atoms with Crippen molar-refractivity contribution in [2.24, 2.45) is 0 Å². The summed E-state index contributed by atoms with van der Waals surface area (Å²) in [5.74, 6) is 0. The second kappa shape index (κ2) is 9.24. The van der Waals surface area contributed by atoms with Crippen molar-refractivity contribution in [2.45, 2.75) is 13.5 Å². The summed E-state index contributed by atoms with van der Waals surface area (Å²) >= 11 is 0. The molecule has 0 aliphatic heterocycles. The van der Waals surface area contributed by atoms with Crippen molar-refractivity contribution in [2.75, 3.05) is 13.6 Å². The number of allylic oxidation sites excluding steroid dienone is 1. The highest BCUT2D eigenvalue weighted by Crippen LogP contribution is 2.14. The van der Waals surface area contributed by atoms with E-state index >= 15 is 0 Å². The molecule has 0 atom stereocenters. The van der Waals surface area contributed by atoms with Crippen LogP contribution in [0.25, 0.3) is 11.6 Å². The van der Waals surface area contributed by atoms with Gasteiger partial charge in [0.25, 0.3) is 0 Å². The molecule has 22 heavy (non-hydrogen) atoms. The molecular formula is C20H24ClN. The van der Waals surface area contributed by atoms with Gasteiger partial charge < -0.3 is 0 Å². The van der Waals surface area contributed by atoms with Gasteiger partial charge in [-0.05, 0) is 30.7 Å². The smallest absolute Gasteiger partial charge is 0.0234 e. The average Bonchev–Trinajstić information content (AvgIpc) is 2.48. The van der Waals surface area contributed by atoms with Gasteiger partial charge in [0.05, 0.1) is 0 Å². The van der Waals surface area contributed by atoms with E-state index in [1.165, 1.54) is 16.7 Å². The Morgan fingerprint density at radius 1 is 1.09 bits per heavy atom. The van der Waals surface area contributed by atoms with Crippen LogP contribution in [0.4, 0.5) is 0 Å². The van der Waals surface area contributed by atoms with Crippen LogP contribution in [0.1, 0.15) is 23.6 Å². The zero-order valence-electron chi connectivity index (χ0n) is 13.3. The number of halogens is 1. The lowest BCUT2D eigenvalue weighted by Gasteiger charge is -2.15. The molecule has 0 spiro atoms. The van der Waals surface area contributed by atoms with Crippen molar-refractivity contribution < 1.29 is 0 Å². The van der Waals surface area contributed by atoms with E-state index in [0.29, 0.717) is 0 Å². The van der Waals surface area contributed by atoms with E-state index in [4.69, 9.17) is 0 Å². The first-order valence-corrected chi connectivity index (χ1v) is 7.30. The van der Waals surface area contributed by atoms with Gasteiger partial charge in [0.15, 0.2) is 0 Å². The highest BCUT2D eigenvalue weighted by Gasteiger charge is 2.00. The predicted octanol–water partition coefficient (Wildman–Crippen LogP) is 5.29. The Balaban J connectivity index is 0.00000242. The van der Waals surface area contributed by atoms with E-state index in [9.17, 15) is 0 Å². The lowest BCUT2D eigenvalue weighted by atomic mass is 10.1. The first kappa shape index (κ1) is 18.2. The van der Waals surface area contributed by atoms with Crippen LogP contribution in [0, 0.1) is 0 Å². The number of benzene rings is 2. The van der Waals surface area contributed by atoms with Crippen molar-refractivity contribution in [3.8, 4) is 0 Å². The summed E-state index contributed by atoms with van der Waals surface area (Å²) in [4.78, 5) is 2.30. The van der Waals surface area contributed by atoms with Crippen LogP contribution < -0.4 is 0 Å². The van der Waals surface area contributed by atoms with Crippen LogP contribution in [0.2, 0.25) is 0 Å². The molecular weight excluding hydrogens is 290 g/mol.